The maximum Gasteiger partial charge on any atom is 0.337 e. The van der Waals surface area contributed by atoms with Gasteiger partial charge in [0.15, 0.2) is 0 Å². The normalized spacial score (nSPS) is 10.9. The summed E-state index contributed by atoms with van der Waals surface area (Å²) in [7, 11) is 1.32. The van der Waals surface area contributed by atoms with Gasteiger partial charge >= 0.3 is 5.97 Å². The second-order valence-electron chi connectivity index (χ2n) is 5.98. The number of nitrogens with zero attached hydrogens (tertiary/aromatic N) is 2. The molecule has 0 aliphatic heterocycles. The van der Waals surface area contributed by atoms with E-state index in [0.717, 1.165) is 11.0 Å². The first-order valence-corrected chi connectivity index (χ1v) is 7.96. The molecule has 1 amide bonds. The van der Waals surface area contributed by atoms with Crippen molar-refractivity contribution in [1.82, 2.24) is 9.55 Å². The molecule has 0 saturated carbocycles. The molecule has 6 heteroatoms. The van der Waals surface area contributed by atoms with Crippen molar-refractivity contribution in [2.45, 2.75) is 19.9 Å². The Morgan fingerprint density at radius 1 is 1.12 bits per heavy atom. The number of carbonyl (C=O) groups excluding carboxylic acids is 2. The van der Waals surface area contributed by atoms with Gasteiger partial charge in [0.05, 0.1) is 30.0 Å². The molecule has 0 fully saturated rings. The Bertz CT molecular complexity index is 944. The Morgan fingerprint density at radius 2 is 1.92 bits per heavy atom. The molecule has 3 rings (SSSR count). The highest BCUT2D eigenvalue weighted by Gasteiger charge is 2.12. The first-order chi connectivity index (χ1) is 12.0. The van der Waals surface area contributed by atoms with Crippen LogP contribution in [0.1, 0.15) is 40.6 Å². The number of nitrogens with one attached hydrogen (secondary N) is 1. The molecule has 128 valence electrons. The van der Waals surface area contributed by atoms with E-state index in [9.17, 15) is 9.59 Å². The Morgan fingerprint density at radius 3 is 2.64 bits per heavy atom. The Balaban J connectivity index is 1.84. The fourth-order valence-corrected chi connectivity index (χ4v) is 2.63. The van der Waals surface area contributed by atoms with Crippen LogP contribution in [0.15, 0.2) is 48.8 Å². The smallest absolute Gasteiger partial charge is 0.337 e. The van der Waals surface area contributed by atoms with Gasteiger partial charge in [-0.3, -0.25) is 4.79 Å². The van der Waals surface area contributed by atoms with Crippen molar-refractivity contribution in [2.24, 2.45) is 0 Å². The van der Waals surface area contributed by atoms with Gasteiger partial charge in [-0.15, -0.1) is 0 Å². The largest absolute Gasteiger partial charge is 0.465 e. The summed E-state index contributed by atoms with van der Waals surface area (Å²) < 4.78 is 6.74. The summed E-state index contributed by atoms with van der Waals surface area (Å²) in [5.74, 6) is -0.709. The van der Waals surface area contributed by atoms with Gasteiger partial charge in [-0.25, -0.2) is 9.78 Å². The third-order valence-electron chi connectivity index (χ3n) is 3.93. The van der Waals surface area contributed by atoms with Crippen molar-refractivity contribution < 1.29 is 14.3 Å². The van der Waals surface area contributed by atoms with E-state index < -0.39 is 5.97 Å². The van der Waals surface area contributed by atoms with Gasteiger partial charge in [-0.05, 0) is 50.2 Å². The van der Waals surface area contributed by atoms with Gasteiger partial charge in [0.25, 0.3) is 5.91 Å². The van der Waals surface area contributed by atoms with Gasteiger partial charge in [-0.1, -0.05) is 6.07 Å². The van der Waals surface area contributed by atoms with E-state index in [1.54, 1.807) is 42.7 Å². The number of amides is 1. The standard InChI is InChI=1S/C19H19N3O3/c1-12(2)22-11-20-16-10-13(7-8-17(16)22)18(23)21-15-6-4-5-14(9-15)19(24)25-3/h4-12H,1-3H3,(H,21,23). The minimum absolute atomic E-state index is 0.261. The number of rotatable bonds is 4. The molecule has 0 unspecified atom stereocenters. The predicted molar refractivity (Wildman–Crippen MR) is 95.9 cm³/mol. The zero-order valence-corrected chi connectivity index (χ0v) is 14.3. The molecule has 1 aromatic heterocycles. The summed E-state index contributed by atoms with van der Waals surface area (Å²) in [4.78, 5) is 28.4. The Kier molecular flexibility index (Phi) is 4.52. The summed E-state index contributed by atoms with van der Waals surface area (Å²) in [6.45, 7) is 4.16. The van der Waals surface area contributed by atoms with Crippen molar-refractivity contribution in [3.8, 4) is 0 Å². The maximum absolute atomic E-state index is 12.5. The van der Waals surface area contributed by atoms with Gasteiger partial charge in [-0.2, -0.15) is 0 Å². The topological polar surface area (TPSA) is 73.2 Å². The summed E-state index contributed by atoms with van der Waals surface area (Å²) in [6, 6.07) is 12.3. The van der Waals surface area contributed by atoms with Crippen LogP contribution in [0.4, 0.5) is 5.69 Å². The van der Waals surface area contributed by atoms with E-state index in [-0.39, 0.29) is 5.91 Å². The highest BCUT2D eigenvalue weighted by molar-refractivity contribution is 6.06. The van der Waals surface area contributed by atoms with Crippen LogP contribution in [0.25, 0.3) is 11.0 Å². The number of hydrogen-bond acceptors (Lipinski definition) is 4. The van der Waals surface area contributed by atoms with Gasteiger partial charge in [0.2, 0.25) is 0 Å². The molecule has 0 radical (unpaired) electrons. The molecule has 0 spiro atoms. The van der Waals surface area contributed by atoms with Crippen LogP contribution in [-0.2, 0) is 4.74 Å². The molecule has 1 heterocycles. The molecular weight excluding hydrogens is 318 g/mol. The lowest BCUT2D eigenvalue weighted by atomic mass is 10.1. The number of hydrogen-bond donors (Lipinski definition) is 1. The van der Waals surface area contributed by atoms with E-state index in [2.05, 4.69) is 33.5 Å². The molecule has 6 nitrogen and oxygen atoms in total. The molecule has 2 aromatic carbocycles. The average molecular weight is 337 g/mol. The van der Waals surface area contributed by atoms with E-state index >= 15 is 0 Å². The summed E-state index contributed by atoms with van der Waals surface area (Å²) in [6.07, 6.45) is 1.77. The zero-order chi connectivity index (χ0) is 18.0. The number of anilines is 1. The van der Waals surface area contributed by atoms with Gasteiger partial charge in [0.1, 0.15) is 0 Å². The quantitative estimate of drug-likeness (QED) is 0.738. The highest BCUT2D eigenvalue weighted by atomic mass is 16.5. The molecule has 0 saturated heterocycles. The third-order valence-corrected chi connectivity index (χ3v) is 3.93. The van der Waals surface area contributed by atoms with Crippen LogP contribution in [0.3, 0.4) is 0 Å². The zero-order valence-electron chi connectivity index (χ0n) is 14.3. The molecule has 25 heavy (non-hydrogen) atoms. The molecule has 0 aliphatic rings. The van der Waals surface area contributed by atoms with Gasteiger partial charge in [0, 0.05) is 17.3 Å². The fraction of sp³-hybridized carbons (Fsp3) is 0.211. The monoisotopic (exact) mass is 337 g/mol. The Labute approximate surface area is 145 Å². The summed E-state index contributed by atoms with van der Waals surface area (Å²) in [5, 5.41) is 2.79. The molecule has 1 N–H and O–H groups in total. The predicted octanol–water partition coefficient (Wildman–Crippen LogP) is 3.66. The van der Waals surface area contributed by atoms with Crippen molar-refractivity contribution in [3.05, 3.63) is 59.9 Å². The minimum atomic E-state index is -0.447. The van der Waals surface area contributed by atoms with Crippen molar-refractivity contribution in [1.29, 1.82) is 0 Å². The van der Waals surface area contributed by atoms with Crippen molar-refractivity contribution in [3.63, 3.8) is 0 Å². The van der Waals surface area contributed by atoms with Crippen LogP contribution >= 0.6 is 0 Å². The van der Waals surface area contributed by atoms with Gasteiger partial charge < -0.3 is 14.6 Å². The lowest BCUT2D eigenvalue weighted by Gasteiger charge is -2.09. The third kappa shape index (κ3) is 3.38. The number of benzene rings is 2. The van der Waals surface area contributed by atoms with Crippen molar-refractivity contribution in [2.75, 3.05) is 12.4 Å². The number of imidazole rings is 1. The number of methoxy groups -OCH3 is 1. The maximum atomic E-state index is 12.5. The lowest BCUT2D eigenvalue weighted by Crippen LogP contribution is -2.12. The number of ether oxygens (including phenoxy) is 1. The van der Waals surface area contributed by atoms with Crippen molar-refractivity contribution >= 4 is 28.6 Å². The SMILES string of the molecule is COC(=O)c1cccc(NC(=O)c2ccc3c(c2)ncn3C(C)C)c1. The summed E-state index contributed by atoms with van der Waals surface area (Å²) in [5.41, 5.74) is 3.17. The van der Waals surface area contributed by atoms with E-state index in [0.29, 0.717) is 22.9 Å². The van der Waals surface area contributed by atoms with Crippen LogP contribution in [0.2, 0.25) is 0 Å². The second-order valence-corrected chi connectivity index (χ2v) is 5.98. The number of carbonyl (C=O) groups is 2. The second kappa shape index (κ2) is 6.76. The average Bonchev–Trinajstić information content (AvgIpc) is 3.04. The first-order valence-electron chi connectivity index (χ1n) is 7.96. The number of fused-ring (bicyclic) bond motifs is 1. The molecule has 0 aliphatic carbocycles. The van der Waals surface area contributed by atoms with Crippen LogP contribution < -0.4 is 5.32 Å². The minimum Gasteiger partial charge on any atom is -0.465 e. The summed E-state index contributed by atoms with van der Waals surface area (Å²) >= 11 is 0. The lowest BCUT2D eigenvalue weighted by molar-refractivity contribution is 0.0600. The Hall–Kier alpha value is -3.15. The van der Waals surface area contributed by atoms with E-state index in [1.807, 2.05) is 6.07 Å². The van der Waals surface area contributed by atoms with E-state index in [4.69, 9.17) is 0 Å². The van der Waals surface area contributed by atoms with Crippen LogP contribution in [0.5, 0.6) is 0 Å². The molecule has 0 atom stereocenters. The van der Waals surface area contributed by atoms with E-state index in [1.165, 1.54) is 7.11 Å². The first kappa shape index (κ1) is 16.7. The number of esters is 1. The fourth-order valence-electron chi connectivity index (χ4n) is 2.63. The highest BCUT2D eigenvalue weighted by Crippen LogP contribution is 2.20. The van der Waals surface area contributed by atoms with Crippen LogP contribution in [0, 0.1) is 0 Å². The molecule has 0 bridgehead atoms. The number of aromatic nitrogens is 2. The molecular formula is C19H19N3O3. The molecule has 3 aromatic rings. The van der Waals surface area contributed by atoms with Crippen LogP contribution in [-0.4, -0.2) is 28.5 Å².